The van der Waals surface area contributed by atoms with Gasteiger partial charge in [0.1, 0.15) is 0 Å². The highest BCUT2D eigenvalue weighted by Gasteiger charge is 2.63. The van der Waals surface area contributed by atoms with E-state index >= 15 is 0 Å². The number of carbonyl (C=O) groups is 1. The van der Waals surface area contributed by atoms with E-state index in [4.69, 9.17) is 4.74 Å². The molecule has 4 nitrogen and oxygen atoms in total. The van der Waals surface area contributed by atoms with Gasteiger partial charge in [0.15, 0.2) is 0 Å². The van der Waals surface area contributed by atoms with Crippen molar-refractivity contribution in [2.75, 3.05) is 0 Å². The summed E-state index contributed by atoms with van der Waals surface area (Å²) in [6, 6.07) is 0.360. The Labute approximate surface area is 120 Å². The minimum atomic E-state index is -0.158. The Morgan fingerprint density at radius 1 is 1.15 bits per heavy atom. The summed E-state index contributed by atoms with van der Waals surface area (Å²) >= 11 is 0. The van der Waals surface area contributed by atoms with Crippen molar-refractivity contribution in [3.8, 4) is 0 Å². The number of hydrogen-bond acceptors (Lipinski definition) is 3. The van der Waals surface area contributed by atoms with Crippen LogP contribution in [0, 0.1) is 5.92 Å². The van der Waals surface area contributed by atoms with E-state index in [1.807, 2.05) is 0 Å². The van der Waals surface area contributed by atoms with Crippen LogP contribution in [0.3, 0.4) is 0 Å². The lowest BCUT2D eigenvalue weighted by Gasteiger charge is -2.36. The predicted octanol–water partition coefficient (Wildman–Crippen LogP) is 1.79. The van der Waals surface area contributed by atoms with E-state index in [1.54, 1.807) is 0 Å². The zero-order valence-corrected chi connectivity index (χ0v) is 12.0. The molecule has 20 heavy (non-hydrogen) atoms. The minimum Gasteiger partial charge on any atom is -0.373 e. The smallest absolute Gasteiger partial charge is 0.244 e. The average molecular weight is 276 g/mol. The number of ether oxygens (including phenoxy) is 1. The molecule has 2 saturated carbocycles. The predicted molar refractivity (Wildman–Crippen MR) is 74.0 cm³/mol. The molecule has 3 saturated heterocycles. The number of fused-ring (bicyclic) bond motifs is 2. The van der Waals surface area contributed by atoms with Crippen LogP contribution in [-0.2, 0) is 9.53 Å². The maximum Gasteiger partial charge on any atom is 0.244 e. The summed E-state index contributed by atoms with van der Waals surface area (Å²) in [6.45, 7) is 0. The van der Waals surface area contributed by atoms with Crippen molar-refractivity contribution >= 4 is 5.91 Å². The Bertz CT molecular complexity index is 442. The molecule has 0 aromatic carbocycles. The number of amides is 1. The van der Waals surface area contributed by atoms with Gasteiger partial charge in [-0.2, -0.15) is 0 Å². The molecule has 4 heteroatoms. The molecule has 0 aromatic rings. The van der Waals surface area contributed by atoms with E-state index in [-0.39, 0.29) is 5.54 Å². The Balaban J connectivity index is 1.45. The quantitative estimate of drug-likeness (QED) is 0.836. The van der Waals surface area contributed by atoms with Crippen molar-refractivity contribution in [3.05, 3.63) is 0 Å². The van der Waals surface area contributed by atoms with Crippen molar-refractivity contribution in [3.63, 3.8) is 0 Å². The van der Waals surface area contributed by atoms with Gasteiger partial charge in [-0.1, -0.05) is 12.8 Å². The minimum absolute atomic E-state index is 0.158. The lowest BCUT2D eigenvalue weighted by molar-refractivity contribution is -0.135. The first kappa shape index (κ1) is 12.0. The summed E-state index contributed by atoms with van der Waals surface area (Å²) in [7, 11) is 0. The van der Waals surface area contributed by atoms with Crippen LogP contribution in [0.25, 0.3) is 0 Å². The standard InChI is InChI=1S/C16H24N2O2/c19-15-16(7-8-16)17-14(10-3-1-2-4-10)18(15)12-9-11-5-6-13(12)20-11/h10-14,17H,1-9H2. The largest absolute Gasteiger partial charge is 0.373 e. The highest BCUT2D eigenvalue weighted by atomic mass is 16.5. The SMILES string of the molecule is O=C1N(C2CC3CCC2O3)C(C2CCCC2)NC12CC2. The second-order valence-electron chi connectivity index (χ2n) is 7.61. The monoisotopic (exact) mass is 276 g/mol. The maximum absolute atomic E-state index is 12.9. The molecule has 1 N–H and O–H groups in total. The average Bonchev–Trinajstić information content (AvgIpc) is 2.91. The van der Waals surface area contributed by atoms with Gasteiger partial charge in [0.05, 0.1) is 30.0 Å². The van der Waals surface area contributed by atoms with Crippen LogP contribution in [-0.4, -0.2) is 40.8 Å². The van der Waals surface area contributed by atoms with Gasteiger partial charge in [-0.25, -0.2) is 0 Å². The third-order valence-corrected chi connectivity index (χ3v) is 6.40. The third-order valence-electron chi connectivity index (χ3n) is 6.40. The van der Waals surface area contributed by atoms with Crippen LogP contribution >= 0.6 is 0 Å². The highest BCUT2D eigenvalue weighted by molar-refractivity contribution is 5.92. The van der Waals surface area contributed by atoms with Gasteiger partial charge in [-0.3, -0.25) is 10.1 Å². The van der Waals surface area contributed by atoms with Crippen LogP contribution in [0.2, 0.25) is 0 Å². The molecule has 2 bridgehead atoms. The fourth-order valence-corrected chi connectivity index (χ4v) is 5.15. The van der Waals surface area contributed by atoms with Gasteiger partial charge >= 0.3 is 0 Å². The van der Waals surface area contributed by atoms with E-state index in [0.717, 1.165) is 25.7 Å². The normalized spacial score (nSPS) is 46.0. The zero-order chi connectivity index (χ0) is 13.3. The summed E-state index contributed by atoms with van der Waals surface area (Å²) in [5.74, 6) is 1.08. The van der Waals surface area contributed by atoms with Crippen molar-refractivity contribution < 1.29 is 9.53 Å². The molecule has 3 aliphatic heterocycles. The molecule has 3 heterocycles. The third kappa shape index (κ3) is 1.52. The van der Waals surface area contributed by atoms with Crippen molar-refractivity contribution in [2.45, 2.75) is 87.7 Å². The number of hydrogen-bond donors (Lipinski definition) is 1. The first-order chi connectivity index (χ1) is 9.77. The van der Waals surface area contributed by atoms with Crippen molar-refractivity contribution in [1.82, 2.24) is 10.2 Å². The Hall–Kier alpha value is -0.610. The number of carbonyl (C=O) groups excluding carboxylic acids is 1. The summed E-state index contributed by atoms with van der Waals surface area (Å²) < 4.78 is 6.02. The second-order valence-corrected chi connectivity index (χ2v) is 7.61. The van der Waals surface area contributed by atoms with E-state index < -0.39 is 0 Å². The van der Waals surface area contributed by atoms with Crippen LogP contribution in [0.15, 0.2) is 0 Å². The molecule has 110 valence electrons. The summed E-state index contributed by atoms with van der Waals surface area (Å²) in [5, 5.41) is 3.74. The van der Waals surface area contributed by atoms with Crippen LogP contribution in [0.1, 0.15) is 57.8 Å². The van der Waals surface area contributed by atoms with Crippen LogP contribution < -0.4 is 5.32 Å². The lowest BCUT2D eigenvalue weighted by atomic mass is 9.92. The van der Waals surface area contributed by atoms with Gasteiger partial charge in [0.25, 0.3) is 0 Å². The molecule has 5 fully saturated rings. The molecule has 0 radical (unpaired) electrons. The van der Waals surface area contributed by atoms with E-state index in [1.165, 1.54) is 32.1 Å². The fraction of sp³-hybridized carbons (Fsp3) is 0.938. The molecule has 5 rings (SSSR count). The molecular formula is C16H24N2O2. The fourth-order valence-electron chi connectivity index (χ4n) is 5.15. The zero-order valence-electron chi connectivity index (χ0n) is 12.0. The molecule has 1 amide bonds. The lowest BCUT2D eigenvalue weighted by Crippen LogP contribution is -2.51. The maximum atomic E-state index is 12.9. The van der Waals surface area contributed by atoms with Crippen LogP contribution in [0.5, 0.6) is 0 Å². The molecule has 4 unspecified atom stereocenters. The number of nitrogens with zero attached hydrogens (tertiary/aromatic N) is 1. The molecule has 0 aromatic heterocycles. The van der Waals surface area contributed by atoms with E-state index in [9.17, 15) is 4.79 Å². The summed E-state index contributed by atoms with van der Waals surface area (Å²) in [5.41, 5.74) is -0.158. The highest BCUT2D eigenvalue weighted by Crippen LogP contribution is 2.49. The number of nitrogens with one attached hydrogen (secondary N) is 1. The van der Waals surface area contributed by atoms with Gasteiger partial charge < -0.3 is 9.64 Å². The van der Waals surface area contributed by atoms with Gasteiger partial charge in [0.2, 0.25) is 5.91 Å². The second kappa shape index (κ2) is 3.98. The van der Waals surface area contributed by atoms with Gasteiger partial charge in [0, 0.05) is 0 Å². The van der Waals surface area contributed by atoms with E-state index in [2.05, 4.69) is 10.2 Å². The Morgan fingerprint density at radius 3 is 2.55 bits per heavy atom. The molecule has 5 aliphatic rings. The van der Waals surface area contributed by atoms with Gasteiger partial charge in [-0.05, 0) is 50.9 Å². The van der Waals surface area contributed by atoms with E-state index in [0.29, 0.717) is 36.2 Å². The van der Waals surface area contributed by atoms with Crippen molar-refractivity contribution in [2.24, 2.45) is 5.92 Å². The van der Waals surface area contributed by atoms with Crippen molar-refractivity contribution in [1.29, 1.82) is 0 Å². The molecule has 1 spiro atoms. The Kier molecular flexibility index (Phi) is 2.38. The summed E-state index contributed by atoms with van der Waals surface area (Å²) in [6.07, 6.45) is 11.9. The van der Waals surface area contributed by atoms with Gasteiger partial charge in [-0.15, -0.1) is 0 Å². The topological polar surface area (TPSA) is 41.6 Å². The Morgan fingerprint density at radius 2 is 1.95 bits per heavy atom. The first-order valence-corrected chi connectivity index (χ1v) is 8.53. The molecular weight excluding hydrogens is 252 g/mol. The number of rotatable bonds is 2. The molecule has 4 atom stereocenters. The van der Waals surface area contributed by atoms with Crippen LogP contribution in [0.4, 0.5) is 0 Å². The molecule has 2 aliphatic carbocycles. The first-order valence-electron chi connectivity index (χ1n) is 8.53. The summed E-state index contributed by atoms with van der Waals surface area (Å²) in [4.78, 5) is 15.2.